The van der Waals surface area contributed by atoms with E-state index in [0.29, 0.717) is 5.69 Å². The number of nitrogens with one attached hydrogen (secondary N) is 1. The molecule has 1 N–H and O–H groups in total. The standard InChI is InChI=1S/C5H5FN2O2.C2H6/c1-3-4(2-7-8-3)5(9)10-6;1-2/h2H,1H3,(H,7,8);1-2H3. The minimum atomic E-state index is -1.02. The summed E-state index contributed by atoms with van der Waals surface area (Å²) in [7, 11) is 0. The summed E-state index contributed by atoms with van der Waals surface area (Å²) in [5, 5.41) is 5.96. The first-order chi connectivity index (χ1) is 5.75. The zero-order valence-corrected chi connectivity index (χ0v) is 7.22. The van der Waals surface area contributed by atoms with Gasteiger partial charge in [0.15, 0.2) is 0 Å². The second-order valence-electron chi connectivity index (χ2n) is 1.77. The van der Waals surface area contributed by atoms with E-state index in [2.05, 4.69) is 15.1 Å². The first-order valence-corrected chi connectivity index (χ1v) is 3.58. The van der Waals surface area contributed by atoms with Gasteiger partial charge in [-0.2, -0.15) is 5.10 Å². The van der Waals surface area contributed by atoms with Crippen molar-refractivity contribution >= 4 is 5.97 Å². The maximum Gasteiger partial charge on any atom is 0.382 e. The Balaban J connectivity index is 0.000000561. The summed E-state index contributed by atoms with van der Waals surface area (Å²) in [6.07, 6.45) is 1.21. The molecule has 0 amide bonds. The van der Waals surface area contributed by atoms with Gasteiger partial charge in [0.25, 0.3) is 0 Å². The predicted octanol–water partition coefficient (Wildman–Crippen LogP) is 1.79. The van der Waals surface area contributed by atoms with Gasteiger partial charge in [-0.1, -0.05) is 13.8 Å². The number of halogens is 1. The highest BCUT2D eigenvalue weighted by Crippen LogP contribution is 2.03. The average Bonchev–Trinajstić information content (AvgIpc) is 2.54. The predicted molar refractivity (Wildman–Crippen MR) is 41.2 cm³/mol. The van der Waals surface area contributed by atoms with E-state index in [1.165, 1.54) is 6.20 Å². The lowest BCUT2D eigenvalue weighted by Crippen LogP contribution is -1.98. The second-order valence-corrected chi connectivity index (χ2v) is 1.77. The lowest BCUT2D eigenvalue weighted by Gasteiger charge is -1.88. The molecule has 12 heavy (non-hydrogen) atoms. The van der Waals surface area contributed by atoms with Crippen molar-refractivity contribution in [2.24, 2.45) is 0 Å². The summed E-state index contributed by atoms with van der Waals surface area (Å²) >= 11 is 0. The third-order valence-corrected chi connectivity index (χ3v) is 1.12. The molecule has 5 heteroatoms. The highest BCUT2D eigenvalue weighted by atomic mass is 19.3. The summed E-state index contributed by atoms with van der Waals surface area (Å²) in [6, 6.07) is 0. The Hall–Kier alpha value is -1.39. The lowest BCUT2D eigenvalue weighted by molar-refractivity contribution is -0.0788. The van der Waals surface area contributed by atoms with Crippen molar-refractivity contribution in [1.29, 1.82) is 0 Å². The van der Waals surface area contributed by atoms with Crippen LogP contribution < -0.4 is 0 Å². The first kappa shape index (κ1) is 10.6. The number of aryl methyl sites for hydroxylation is 1. The zero-order valence-electron chi connectivity index (χ0n) is 7.22. The lowest BCUT2D eigenvalue weighted by atomic mass is 10.3. The van der Waals surface area contributed by atoms with Crippen LogP contribution in [0.25, 0.3) is 0 Å². The van der Waals surface area contributed by atoms with Crippen LogP contribution in [0.15, 0.2) is 6.20 Å². The monoisotopic (exact) mass is 174 g/mol. The molecule has 1 aromatic heterocycles. The van der Waals surface area contributed by atoms with E-state index < -0.39 is 5.97 Å². The number of carbonyl (C=O) groups excluding carboxylic acids is 1. The molecule has 1 rings (SSSR count). The molecular weight excluding hydrogens is 163 g/mol. The van der Waals surface area contributed by atoms with E-state index in [1.54, 1.807) is 6.92 Å². The van der Waals surface area contributed by atoms with Crippen LogP contribution in [0.4, 0.5) is 4.53 Å². The van der Waals surface area contributed by atoms with Gasteiger partial charge in [0.2, 0.25) is 0 Å². The summed E-state index contributed by atoms with van der Waals surface area (Å²) in [6.45, 7) is 5.60. The van der Waals surface area contributed by atoms with Crippen LogP contribution in [0.5, 0.6) is 0 Å². The van der Waals surface area contributed by atoms with Crippen molar-refractivity contribution in [3.8, 4) is 0 Å². The first-order valence-electron chi connectivity index (χ1n) is 3.58. The van der Waals surface area contributed by atoms with Gasteiger partial charge in [-0.25, -0.2) is 9.74 Å². The fraction of sp³-hybridized carbons (Fsp3) is 0.429. The maximum atomic E-state index is 11.2. The molecule has 0 saturated heterocycles. The second kappa shape index (κ2) is 5.29. The Morgan fingerprint density at radius 2 is 2.25 bits per heavy atom. The molecule has 1 heterocycles. The fourth-order valence-corrected chi connectivity index (χ4v) is 0.598. The number of aromatic amines is 1. The number of carbonyl (C=O) groups is 1. The van der Waals surface area contributed by atoms with Crippen LogP contribution >= 0.6 is 0 Å². The summed E-state index contributed by atoms with van der Waals surface area (Å²) in [5.74, 6) is -1.02. The Kier molecular flexibility index (Phi) is 4.67. The fourth-order valence-electron chi connectivity index (χ4n) is 0.598. The van der Waals surface area contributed by atoms with E-state index in [9.17, 15) is 9.32 Å². The van der Waals surface area contributed by atoms with Crippen LogP contribution in [0.2, 0.25) is 0 Å². The van der Waals surface area contributed by atoms with Gasteiger partial charge in [0.05, 0.1) is 6.20 Å². The SMILES string of the molecule is CC.Cc1[nH]ncc1C(=O)OF. The number of hydrogen-bond acceptors (Lipinski definition) is 3. The number of aromatic nitrogens is 2. The summed E-state index contributed by atoms with van der Waals surface area (Å²) < 4.78 is 11.2. The topological polar surface area (TPSA) is 55.0 Å². The van der Waals surface area contributed by atoms with E-state index >= 15 is 0 Å². The molecule has 0 fully saturated rings. The van der Waals surface area contributed by atoms with Gasteiger partial charge in [-0.05, 0) is 6.92 Å². The van der Waals surface area contributed by atoms with Crippen LogP contribution in [0, 0.1) is 6.92 Å². The minimum Gasteiger partial charge on any atom is -0.282 e. The van der Waals surface area contributed by atoms with Crippen LogP contribution in [-0.2, 0) is 4.94 Å². The molecular formula is C7H11FN2O2. The van der Waals surface area contributed by atoms with Crippen LogP contribution in [0.1, 0.15) is 29.9 Å². The summed E-state index contributed by atoms with van der Waals surface area (Å²) in [5.41, 5.74) is 0.602. The quantitative estimate of drug-likeness (QED) is 0.706. The van der Waals surface area contributed by atoms with Crippen molar-refractivity contribution in [3.05, 3.63) is 17.5 Å². The molecule has 0 spiro atoms. The van der Waals surface area contributed by atoms with Gasteiger partial charge in [-0.3, -0.25) is 5.10 Å². The molecule has 4 nitrogen and oxygen atoms in total. The maximum absolute atomic E-state index is 11.2. The van der Waals surface area contributed by atoms with Gasteiger partial charge < -0.3 is 0 Å². The Morgan fingerprint density at radius 1 is 1.67 bits per heavy atom. The van der Waals surface area contributed by atoms with E-state index in [-0.39, 0.29) is 5.56 Å². The van der Waals surface area contributed by atoms with Gasteiger partial charge in [0.1, 0.15) is 5.56 Å². The van der Waals surface area contributed by atoms with Crippen molar-refractivity contribution in [3.63, 3.8) is 0 Å². The molecule has 1 aromatic rings. The molecule has 0 aliphatic carbocycles. The third-order valence-electron chi connectivity index (χ3n) is 1.12. The molecule has 0 aliphatic rings. The minimum absolute atomic E-state index is 0.113. The highest BCUT2D eigenvalue weighted by molar-refractivity contribution is 5.89. The number of hydrogen-bond donors (Lipinski definition) is 1. The zero-order chi connectivity index (χ0) is 9.56. The average molecular weight is 174 g/mol. The Labute approximate surface area is 69.6 Å². The highest BCUT2D eigenvalue weighted by Gasteiger charge is 2.11. The largest absolute Gasteiger partial charge is 0.382 e. The van der Waals surface area contributed by atoms with E-state index in [1.807, 2.05) is 13.8 Å². The van der Waals surface area contributed by atoms with Crippen molar-refractivity contribution in [2.75, 3.05) is 0 Å². The number of H-pyrrole nitrogens is 1. The molecule has 0 bridgehead atoms. The molecule has 0 aliphatic heterocycles. The van der Waals surface area contributed by atoms with Crippen LogP contribution in [0.3, 0.4) is 0 Å². The molecule has 0 aromatic carbocycles. The van der Waals surface area contributed by atoms with Crippen LogP contribution in [-0.4, -0.2) is 16.2 Å². The van der Waals surface area contributed by atoms with Gasteiger partial charge in [0, 0.05) is 10.2 Å². The normalized spacial score (nSPS) is 8.33. The van der Waals surface area contributed by atoms with Gasteiger partial charge in [-0.15, -0.1) is 0 Å². The van der Waals surface area contributed by atoms with Crippen molar-refractivity contribution in [2.45, 2.75) is 20.8 Å². The molecule has 0 saturated carbocycles. The Morgan fingerprint density at radius 3 is 2.58 bits per heavy atom. The molecule has 68 valence electrons. The van der Waals surface area contributed by atoms with Crippen molar-refractivity contribution in [1.82, 2.24) is 10.2 Å². The van der Waals surface area contributed by atoms with E-state index in [4.69, 9.17) is 0 Å². The molecule has 0 radical (unpaired) electrons. The Bertz CT molecular complexity index is 247. The third kappa shape index (κ3) is 2.34. The van der Waals surface area contributed by atoms with Gasteiger partial charge >= 0.3 is 5.97 Å². The van der Waals surface area contributed by atoms with Crippen molar-refractivity contribution < 1.29 is 14.3 Å². The van der Waals surface area contributed by atoms with E-state index in [0.717, 1.165) is 0 Å². The molecule has 0 unspecified atom stereocenters. The number of rotatable bonds is 1. The summed E-state index contributed by atoms with van der Waals surface area (Å²) in [4.78, 5) is 13.4. The smallest absolute Gasteiger partial charge is 0.282 e. The number of nitrogens with zero attached hydrogens (tertiary/aromatic N) is 1. The molecule has 0 atom stereocenters.